The lowest BCUT2D eigenvalue weighted by Gasteiger charge is -2.33. The van der Waals surface area contributed by atoms with Crippen molar-refractivity contribution in [1.82, 2.24) is 9.80 Å². The van der Waals surface area contributed by atoms with E-state index < -0.39 is 0 Å². The van der Waals surface area contributed by atoms with Gasteiger partial charge in [0.1, 0.15) is 0 Å². The summed E-state index contributed by atoms with van der Waals surface area (Å²) in [5.74, 6) is 0.918. The van der Waals surface area contributed by atoms with E-state index in [1.54, 1.807) is 0 Å². The van der Waals surface area contributed by atoms with Crippen molar-refractivity contribution in [3.8, 4) is 0 Å². The van der Waals surface area contributed by atoms with Crippen molar-refractivity contribution in [2.75, 3.05) is 33.2 Å². The van der Waals surface area contributed by atoms with Crippen LogP contribution < -0.4 is 0 Å². The first-order chi connectivity index (χ1) is 6.13. The van der Waals surface area contributed by atoms with E-state index in [4.69, 9.17) is 0 Å². The van der Waals surface area contributed by atoms with Gasteiger partial charge < -0.3 is 4.90 Å². The Bertz CT molecular complexity index is 182. The fourth-order valence-corrected chi connectivity index (χ4v) is 1.52. The summed E-state index contributed by atoms with van der Waals surface area (Å²) < 4.78 is 0. The van der Waals surface area contributed by atoms with Gasteiger partial charge in [-0.1, -0.05) is 20.3 Å². The number of rotatable bonds is 3. The number of likely N-dealkylation sites (N-methyl/N-ethyl adjacent to an activating group) is 1. The molecule has 0 radical (unpaired) electrons. The van der Waals surface area contributed by atoms with Crippen molar-refractivity contribution < 1.29 is 4.79 Å². The fourth-order valence-electron chi connectivity index (χ4n) is 1.52. The molecule has 1 aliphatic heterocycles. The topological polar surface area (TPSA) is 23.6 Å². The molecule has 0 aromatic heterocycles. The quantitative estimate of drug-likeness (QED) is 0.648. The molecule has 0 aromatic rings. The highest BCUT2D eigenvalue weighted by Crippen LogP contribution is 2.07. The first-order valence-corrected chi connectivity index (χ1v) is 5.09. The fraction of sp³-hybridized carbons (Fsp3) is 0.900. The van der Waals surface area contributed by atoms with Crippen LogP contribution in [0.4, 0.5) is 0 Å². The summed E-state index contributed by atoms with van der Waals surface area (Å²) in [6.07, 6.45) is 1.15. The van der Waals surface area contributed by atoms with E-state index in [0.717, 1.165) is 26.1 Å². The molecular formula is C10H20N2O. The highest BCUT2D eigenvalue weighted by molar-refractivity contribution is 5.78. The van der Waals surface area contributed by atoms with Gasteiger partial charge in [0.15, 0.2) is 0 Å². The van der Waals surface area contributed by atoms with Gasteiger partial charge in [0.25, 0.3) is 0 Å². The lowest BCUT2D eigenvalue weighted by molar-refractivity contribution is -0.136. The zero-order valence-corrected chi connectivity index (χ0v) is 8.92. The molecule has 1 fully saturated rings. The second-order valence-electron chi connectivity index (χ2n) is 4.09. The van der Waals surface area contributed by atoms with Gasteiger partial charge in [-0.2, -0.15) is 0 Å². The minimum absolute atomic E-state index is 0.286. The van der Waals surface area contributed by atoms with E-state index in [-0.39, 0.29) is 5.91 Å². The van der Waals surface area contributed by atoms with Crippen molar-refractivity contribution >= 4 is 5.91 Å². The van der Waals surface area contributed by atoms with Crippen LogP contribution in [0.2, 0.25) is 0 Å². The summed E-state index contributed by atoms with van der Waals surface area (Å²) in [5, 5.41) is 0. The summed E-state index contributed by atoms with van der Waals surface area (Å²) in [4.78, 5) is 15.6. The number of carbonyl (C=O) groups is 1. The van der Waals surface area contributed by atoms with Crippen LogP contribution in [0.15, 0.2) is 0 Å². The second-order valence-corrected chi connectivity index (χ2v) is 4.09. The number of piperazine rings is 1. The lowest BCUT2D eigenvalue weighted by atomic mass is 10.1. The van der Waals surface area contributed by atoms with Crippen LogP contribution in [0.1, 0.15) is 20.3 Å². The van der Waals surface area contributed by atoms with Crippen LogP contribution >= 0.6 is 0 Å². The summed E-state index contributed by atoms with van der Waals surface area (Å²) in [6, 6.07) is 0. The maximum atomic E-state index is 11.5. The van der Waals surface area contributed by atoms with Gasteiger partial charge in [0.05, 0.1) is 6.54 Å². The summed E-state index contributed by atoms with van der Waals surface area (Å²) in [6.45, 7) is 7.82. The number of hydrogen-bond donors (Lipinski definition) is 0. The molecule has 76 valence electrons. The average Bonchev–Trinajstić information content (AvgIpc) is 2.09. The normalized spacial score (nSPS) is 22.1. The minimum atomic E-state index is 0.286. The predicted molar refractivity (Wildman–Crippen MR) is 53.5 cm³/mol. The van der Waals surface area contributed by atoms with Crippen molar-refractivity contribution in [3.05, 3.63) is 0 Å². The molecule has 0 N–H and O–H groups in total. The van der Waals surface area contributed by atoms with Crippen LogP contribution in [-0.4, -0.2) is 48.9 Å². The first-order valence-electron chi connectivity index (χ1n) is 5.09. The van der Waals surface area contributed by atoms with Crippen molar-refractivity contribution in [2.24, 2.45) is 5.92 Å². The maximum absolute atomic E-state index is 11.5. The third-order valence-corrected chi connectivity index (χ3v) is 2.74. The van der Waals surface area contributed by atoms with Gasteiger partial charge >= 0.3 is 0 Å². The summed E-state index contributed by atoms with van der Waals surface area (Å²) >= 11 is 0. The third kappa shape index (κ3) is 2.99. The molecule has 0 bridgehead atoms. The largest absolute Gasteiger partial charge is 0.340 e. The monoisotopic (exact) mass is 184 g/mol. The Labute approximate surface area is 80.7 Å². The molecule has 1 amide bonds. The van der Waals surface area contributed by atoms with Crippen molar-refractivity contribution in [2.45, 2.75) is 20.3 Å². The molecule has 1 aliphatic rings. The Morgan fingerprint density at radius 2 is 2.15 bits per heavy atom. The second kappa shape index (κ2) is 4.61. The van der Waals surface area contributed by atoms with Crippen LogP contribution in [0.5, 0.6) is 0 Å². The number of nitrogens with zero attached hydrogens (tertiary/aromatic N) is 2. The van der Waals surface area contributed by atoms with Gasteiger partial charge in [0.2, 0.25) is 5.91 Å². The molecule has 0 aromatic carbocycles. The molecule has 1 heterocycles. The zero-order valence-electron chi connectivity index (χ0n) is 8.92. The molecule has 1 atom stereocenters. The van der Waals surface area contributed by atoms with Gasteiger partial charge in [-0.3, -0.25) is 9.69 Å². The Balaban J connectivity index is 2.38. The molecule has 3 nitrogen and oxygen atoms in total. The van der Waals surface area contributed by atoms with E-state index >= 15 is 0 Å². The van der Waals surface area contributed by atoms with Crippen LogP contribution in [-0.2, 0) is 4.79 Å². The SMILES string of the molecule is CCC(C)CN1CCN(C)CC1=O. The number of carbonyl (C=O) groups excluding carboxylic acids is 1. The highest BCUT2D eigenvalue weighted by atomic mass is 16.2. The molecule has 0 spiro atoms. The molecule has 1 saturated heterocycles. The Morgan fingerprint density at radius 1 is 1.46 bits per heavy atom. The molecule has 1 rings (SSSR count). The van der Waals surface area contributed by atoms with Crippen molar-refractivity contribution in [1.29, 1.82) is 0 Å². The van der Waals surface area contributed by atoms with Gasteiger partial charge in [-0.15, -0.1) is 0 Å². The van der Waals surface area contributed by atoms with Crippen LogP contribution in [0, 0.1) is 5.92 Å². The van der Waals surface area contributed by atoms with Gasteiger partial charge in [-0.05, 0) is 13.0 Å². The van der Waals surface area contributed by atoms with Crippen LogP contribution in [0.3, 0.4) is 0 Å². The van der Waals surface area contributed by atoms with E-state index in [0.29, 0.717) is 12.5 Å². The number of amides is 1. The minimum Gasteiger partial charge on any atom is -0.340 e. The molecule has 0 aliphatic carbocycles. The Hall–Kier alpha value is -0.570. The summed E-state index contributed by atoms with van der Waals surface area (Å²) in [7, 11) is 2.00. The maximum Gasteiger partial charge on any atom is 0.236 e. The molecule has 1 unspecified atom stereocenters. The zero-order chi connectivity index (χ0) is 9.84. The smallest absolute Gasteiger partial charge is 0.236 e. The van der Waals surface area contributed by atoms with Crippen molar-refractivity contribution in [3.63, 3.8) is 0 Å². The standard InChI is InChI=1S/C10H20N2O/c1-4-9(2)7-12-6-5-11(3)8-10(12)13/h9H,4-8H2,1-3H3. The molecular weight excluding hydrogens is 164 g/mol. The van der Waals surface area contributed by atoms with Crippen LogP contribution in [0.25, 0.3) is 0 Å². The molecule has 13 heavy (non-hydrogen) atoms. The molecule has 0 saturated carbocycles. The summed E-state index contributed by atoms with van der Waals surface area (Å²) in [5.41, 5.74) is 0. The molecule has 3 heteroatoms. The Morgan fingerprint density at radius 3 is 2.69 bits per heavy atom. The van der Waals surface area contributed by atoms with Gasteiger partial charge in [-0.25, -0.2) is 0 Å². The van der Waals surface area contributed by atoms with E-state index in [1.807, 2.05) is 11.9 Å². The lowest BCUT2D eigenvalue weighted by Crippen LogP contribution is -2.49. The van der Waals surface area contributed by atoms with E-state index in [2.05, 4.69) is 18.7 Å². The Kier molecular flexibility index (Phi) is 3.72. The third-order valence-electron chi connectivity index (χ3n) is 2.74. The van der Waals surface area contributed by atoms with Gasteiger partial charge in [0, 0.05) is 19.6 Å². The number of hydrogen-bond acceptors (Lipinski definition) is 2. The predicted octanol–water partition coefficient (Wildman–Crippen LogP) is 0.806. The first kappa shape index (κ1) is 10.5. The van der Waals surface area contributed by atoms with E-state index in [9.17, 15) is 4.79 Å². The highest BCUT2D eigenvalue weighted by Gasteiger charge is 2.21. The average molecular weight is 184 g/mol. The van der Waals surface area contributed by atoms with E-state index in [1.165, 1.54) is 0 Å².